The van der Waals surface area contributed by atoms with Crippen LogP contribution in [0.3, 0.4) is 0 Å². The number of aromatic nitrogens is 2. The molecule has 1 aromatic rings. The van der Waals surface area contributed by atoms with Gasteiger partial charge in [0.25, 0.3) is 5.91 Å². The zero-order valence-electron chi connectivity index (χ0n) is 10.1. The second-order valence-electron chi connectivity index (χ2n) is 4.27. The number of rotatable bonds is 2. The highest BCUT2D eigenvalue weighted by atomic mass is 16.5. The van der Waals surface area contributed by atoms with Gasteiger partial charge < -0.3 is 20.5 Å². The van der Waals surface area contributed by atoms with Crippen LogP contribution in [0.4, 0.5) is 5.82 Å². The second-order valence-corrected chi connectivity index (χ2v) is 4.27. The molecule has 0 bridgehead atoms. The van der Waals surface area contributed by atoms with Crippen LogP contribution in [0.1, 0.15) is 17.4 Å². The molecule has 1 fully saturated rings. The van der Waals surface area contributed by atoms with Crippen molar-refractivity contribution in [3.05, 3.63) is 18.1 Å². The molecule has 2 rings (SSSR count). The first kappa shape index (κ1) is 12.7. The quantitative estimate of drug-likeness (QED) is 0.720. The molecule has 1 aromatic heterocycles. The molecule has 1 aliphatic rings. The molecule has 7 nitrogen and oxygen atoms in total. The van der Waals surface area contributed by atoms with Gasteiger partial charge in [-0.25, -0.2) is 9.97 Å². The van der Waals surface area contributed by atoms with Gasteiger partial charge in [-0.1, -0.05) is 0 Å². The minimum atomic E-state index is -0.341. The van der Waals surface area contributed by atoms with E-state index in [2.05, 4.69) is 9.97 Å². The fourth-order valence-electron chi connectivity index (χ4n) is 1.81. The first-order chi connectivity index (χ1) is 8.61. The maximum absolute atomic E-state index is 12.2. The molecule has 0 aliphatic carbocycles. The fraction of sp³-hybridized carbons (Fsp3) is 0.545. The number of ether oxygens (including phenoxy) is 1. The third-order valence-electron chi connectivity index (χ3n) is 2.86. The summed E-state index contributed by atoms with van der Waals surface area (Å²) in [7, 11) is 0. The van der Waals surface area contributed by atoms with Crippen LogP contribution in [-0.4, -0.2) is 57.8 Å². The molecule has 98 valence electrons. The lowest BCUT2D eigenvalue weighted by atomic mass is 10.2. The van der Waals surface area contributed by atoms with E-state index in [9.17, 15) is 4.79 Å². The van der Waals surface area contributed by atoms with E-state index in [1.54, 1.807) is 4.90 Å². The molecule has 2 atom stereocenters. The number of carbonyl (C=O) groups excluding carboxylic acids is 1. The Hall–Kier alpha value is -1.73. The molecule has 0 spiro atoms. The third kappa shape index (κ3) is 2.57. The summed E-state index contributed by atoms with van der Waals surface area (Å²) in [6.07, 6.45) is 2.36. The maximum atomic E-state index is 12.2. The van der Waals surface area contributed by atoms with E-state index < -0.39 is 0 Å². The third-order valence-corrected chi connectivity index (χ3v) is 2.86. The summed E-state index contributed by atoms with van der Waals surface area (Å²) in [5.74, 6) is 0.0477. The van der Waals surface area contributed by atoms with Gasteiger partial charge in [-0.05, 0) is 6.92 Å². The van der Waals surface area contributed by atoms with Crippen molar-refractivity contribution in [3.8, 4) is 0 Å². The van der Waals surface area contributed by atoms with Crippen molar-refractivity contribution in [2.24, 2.45) is 0 Å². The monoisotopic (exact) mass is 252 g/mol. The summed E-state index contributed by atoms with van der Waals surface area (Å²) in [4.78, 5) is 21.7. The minimum Gasteiger partial charge on any atom is -0.394 e. The average molecular weight is 252 g/mol. The second kappa shape index (κ2) is 5.28. The first-order valence-electron chi connectivity index (χ1n) is 5.72. The molecule has 0 aromatic carbocycles. The van der Waals surface area contributed by atoms with Gasteiger partial charge in [0.15, 0.2) is 0 Å². The lowest BCUT2D eigenvalue weighted by molar-refractivity contribution is -0.0668. The molecule has 3 N–H and O–H groups in total. The van der Waals surface area contributed by atoms with E-state index in [0.29, 0.717) is 13.2 Å². The van der Waals surface area contributed by atoms with E-state index in [4.69, 9.17) is 15.6 Å². The number of nitrogens with two attached hydrogens (primary N) is 1. The molecular weight excluding hydrogens is 236 g/mol. The van der Waals surface area contributed by atoms with E-state index in [-0.39, 0.29) is 36.2 Å². The van der Waals surface area contributed by atoms with E-state index >= 15 is 0 Å². The zero-order chi connectivity index (χ0) is 13.1. The largest absolute Gasteiger partial charge is 0.394 e. The highest BCUT2D eigenvalue weighted by molar-refractivity contribution is 5.92. The van der Waals surface area contributed by atoms with Crippen LogP contribution in [0, 0.1) is 0 Å². The van der Waals surface area contributed by atoms with Gasteiger partial charge >= 0.3 is 0 Å². The van der Waals surface area contributed by atoms with Gasteiger partial charge in [0.1, 0.15) is 11.5 Å². The fourth-order valence-corrected chi connectivity index (χ4v) is 1.81. The molecule has 1 amide bonds. The maximum Gasteiger partial charge on any atom is 0.274 e. The Morgan fingerprint density at radius 1 is 1.61 bits per heavy atom. The molecule has 7 heteroatoms. The number of aliphatic hydroxyl groups excluding tert-OH is 1. The van der Waals surface area contributed by atoms with Crippen LogP contribution >= 0.6 is 0 Å². The van der Waals surface area contributed by atoms with Crippen LogP contribution < -0.4 is 5.73 Å². The normalized spacial score (nSPS) is 24.0. The zero-order valence-corrected chi connectivity index (χ0v) is 10.1. The SMILES string of the molecule is CC1COC(CO)CN1C(=O)c1cnc(N)cn1. The van der Waals surface area contributed by atoms with Gasteiger partial charge in [0, 0.05) is 6.54 Å². The van der Waals surface area contributed by atoms with Gasteiger partial charge in [-0.15, -0.1) is 0 Å². The minimum absolute atomic E-state index is 0.0559. The highest BCUT2D eigenvalue weighted by Gasteiger charge is 2.30. The van der Waals surface area contributed by atoms with Crippen LogP contribution in [0.5, 0.6) is 0 Å². The van der Waals surface area contributed by atoms with Crippen molar-refractivity contribution in [2.45, 2.75) is 19.1 Å². The molecular formula is C11H16N4O3. The number of hydrogen-bond acceptors (Lipinski definition) is 6. The molecule has 0 saturated carbocycles. The van der Waals surface area contributed by atoms with Crippen molar-refractivity contribution in [1.29, 1.82) is 0 Å². The summed E-state index contributed by atoms with van der Waals surface area (Å²) >= 11 is 0. The topological polar surface area (TPSA) is 102 Å². The van der Waals surface area contributed by atoms with Crippen molar-refractivity contribution >= 4 is 11.7 Å². The van der Waals surface area contributed by atoms with Crippen LogP contribution in [0.25, 0.3) is 0 Å². The number of amides is 1. The van der Waals surface area contributed by atoms with Gasteiger partial charge in [0.2, 0.25) is 0 Å². The number of carbonyl (C=O) groups is 1. The predicted octanol–water partition coefficient (Wildman–Crippen LogP) is -0.719. The van der Waals surface area contributed by atoms with Crippen molar-refractivity contribution < 1.29 is 14.6 Å². The lowest BCUT2D eigenvalue weighted by Gasteiger charge is -2.37. The summed E-state index contributed by atoms with van der Waals surface area (Å²) in [6.45, 7) is 2.53. The number of morpholine rings is 1. The number of aliphatic hydroxyl groups is 1. The number of nitrogens with zero attached hydrogens (tertiary/aromatic N) is 3. The lowest BCUT2D eigenvalue weighted by Crippen LogP contribution is -2.52. The summed E-state index contributed by atoms with van der Waals surface area (Å²) < 4.78 is 5.37. The number of anilines is 1. The molecule has 1 saturated heterocycles. The smallest absolute Gasteiger partial charge is 0.274 e. The Morgan fingerprint density at radius 2 is 2.39 bits per heavy atom. The molecule has 0 radical (unpaired) electrons. The highest BCUT2D eigenvalue weighted by Crippen LogP contribution is 2.14. The van der Waals surface area contributed by atoms with E-state index in [0.717, 1.165) is 0 Å². The summed E-state index contributed by atoms with van der Waals surface area (Å²) in [5.41, 5.74) is 5.67. The number of hydrogen-bond donors (Lipinski definition) is 2. The number of nitrogen functional groups attached to an aromatic ring is 1. The molecule has 2 heterocycles. The van der Waals surface area contributed by atoms with Gasteiger partial charge in [-0.2, -0.15) is 0 Å². The van der Waals surface area contributed by atoms with Crippen molar-refractivity contribution in [2.75, 3.05) is 25.5 Å². The summed E-state index contributed by atoms with van der Waals surface area (Å²) in [5, 5.41) is 9.08. The summed E-state index contributed by atoms with van der Waals surface area (Å²) in [6, 6.07) is -0.0559. The Balaban J connectivity index is 2.13. The Bertz CT molecular complexity index is 423. The Kier molecular flexibility index (Phi) is 3.73. The van der Waals surface area contributed by atoms with Gasteiger partial charge in [0.05, 0.1) is 37.8 Å². The van der Waals surface area contributed by atoms with Crippen LogP contribution in [0.2, 0.25) is 0 Å². The standard InChI is InChI=1S/C11H16N4O3/c1-7-6-18-8(5-16)4-15(7)11(17)9-2-14-10(12)3-13-9/h2-3,7-8,16H,4-6H2,1H3,(H2,12,14). The first-order valence-corrected chi connectivity index (χ1v) is 5.72. The van der Waals surface area contributed by atoms with Gasteiger partial charge in [-0.3, -0.25) is 4.79 Å². The van der Waals surface area contributed by atoms with Crippen LogP contribution in [-0.2, 0) is 4.74 Å². The van der Waals surface area contributed by atoms with Crippen molar-refractivity contribution in [1.82, 2.24) is 14.9 Å². The van der Waals surface area contributed by atoms with E-state index in [1.807, 2.05) is 6.92 Å². The predicted molar refractivity (Wildman–Crippen MR) is 63.8 cm³/mol. The Morgan fingerprint density at radius 3 is 3.00 bits per heavy atom. The molecule has 1 aliphatic heterocycles. The van der Waals surface area contributed by atoms with Crippen LogP contribution in [0.15, 0.2) is 12.4 Å². The molecule has 18 heavy (non-hydrogen) atoms. The van der Waals surface area contributed by atoms with E-state index in [1.165, 1.54) is 12.4 Å². The average Bonchev–Trinajstić information content (AvgIpc) is 2.39. The van der Waals surface area contributed by atoms with Crippen molar-refractivity contribution in [3.63, 3.8) is 0 Å². The Labute approximate surface area is 105 Å². The molecule has 2 unspecified atom stereocenters.